The van der Waals surface area contributed by atoms with E-state index in [-0.39, 0.29) is 17.0 Å². The van der Waals surface area contributed by atoms with E-state index >= 15 is 0 Å². The fraction of sp³-hybridized carbons (Fsp3) is 0.917. The molecule has 1 unspecified atom stereocenters. The van der Waals surface area contributed by atoms with E-state index in [1.165, 1.54) is 19.8 Å². The molecule has 2 heteroatoms. The lowest BCUT2D eigenvalue weighted by molar-refractivity contribution is -0.265. The Balaban J connectivity index is 2.26. The molecule has 0 amide bonds. The van der Waals surface area contributed by atoms with Crippen LogP contribution >= 0.6 is 0 Å². The maximum atomic E-state index is 11.2. The molecule has 80 valence electrons. The number of carbonyl (C=O) groups excluding carboxylic acids is 1. The number of carbonyl (C=O) groups is 1. The lowest BCUT2D eigenvalue weighted by atomic mass is 9.42. The third kappa shape index (κ3) is 0.999. The molecule has 0 heterocycles. The highest BCUT2D eigenvalue weighted by molar-refractivity contribution is 5.67. The van der Waals surface area contributed by atoms with Gasteiger partial charge in [0.05, 0.1) is 0 Å². The molecule has 0 radical (unpaired) electrons. The molecule has 0 aliphatic heterocycles. The number of esters is 1. The summed E-state index contributed by atoms with van der Waals surface area (Å²) in [5, 5.41) is 0. The molecule has 0 aromatic carbocycles. The standard InChI is InChI=1S/C12H20O2/c1-8-5-6-10-7-12(8,11(10,3)4)14-9(2)13/h8,10H,5-7H2,1-4H3/t8?,10-,12+/m1/s1. The zero-order valence-electron chi connectivity index (χ0n) is 9.59. The quantitative estimate of drug-likeness (QED) is 0.603. The van der Waals surface area contributed by atoms with Gasteiger partial charge in [-0.3, -0.25) is 4.79 Å². The summed E-state index contributed by atoms with van der Waals surface area (Å²) >= 11 is 0. The SMILES string of the molecule is CC(=O)O[C@@]12C[C@@H](CCC1C)C2(C)C. The zero-order chi connectivity index (χ0) is 10.6. The Morgan fingerprint density at radius 2 is 2.00 bits per heavy atom. The van der Waals surface area contributed by atoms with E-state index in [2.05, 4.69) is 20.8 Å². The number of rotatable bonds is 1. The molecule has 2 nitrogen and oxygen atoms in total. The average Bonchev–Trinajstić information content (AvgIpc) is 2.07. The van der Waals surface area contributed by atoms with Gasteiger partial charge in [0.25, 0.3) is 0 Å². The van der Waals surface area contributed by atoms with E-state index in [1.807, 2.05) is 0 Å². The summed E-state index contributed by atoms with van der Waals surface area (Å²) in [5.41, 5.74) is 0.0398. The number of hydrogen-bond acceptors (Lipinski definition) is 2. The van der Waals surface area contributed by atoms with Crippen LogP contribution in [0.4, 0.5) is 0 Å². The molecule has 14 heavy (non-hydrogen) atoms. The maximum Gasteiger partial charge on any atom is 0.303 e. The van der Waals surface area contributed by atoms with Crippen molar-refractivity contribution < 1.29 is 9.53 Å². The van der Waals surface area contributed by atoms with Gasteiger partial charge in [-0.25, -0.2) is 0 Å². The number of ether oxygens (including phenoxy) is 1. The van der Waals surface area contributed by atoms with Crippen LogP contribution in [0.15, 0.2) is 0 Å². The van der Waals surface area contributed by atoms with E-state index in [0.717, 1.165) is 12.3 Å². The molecule has 0 aromatic heterocycles. The molecular weight excluding hydrogens is 176 g/mol. The minimum absolute atomic E-state index is 0.120. The van der Waals surface area contributed by atoms with Crippen LogP contribution in [0.3, 0.4) is 0 Å². The highest BCUT2D eigenvalue weighted by Gasteiger charge is 2.67. The van der Waals surface area contributed by atoms with Crippen molar-refractivity contribution in [2.24, 2.45) is 17.3 Å². The van der Waals surface area contributed by atoms with Gasteiger partial charge in [0.1, 0.15) is 5.60 Å². The Morgan fingerprint density at radius 1 is 1.36 bits per heavy atom. The van der Waals surface area contributed by atoms with Crippen molar-refractivity contribution in [3.63, 3.8) is 0 Å². The van der Waals surface area contributed by atoms with Crippen LogP contribution in [-0.2, 0) is 9.53 Å². The molecule has 3 aliphatic rings. The molecule has 3 atom stereocenters. The first-order chi connectivity index (χ1) is 6.40. The maximum absolute atomic E-state index is 11.2. The first-order valence-electron chi connectivity index (χ1n) is 5.60. The van der Waals surface area contributed by atoms with Gasteiger partial charge in [0.2, 0.25) is 0 Å². The van der Waals surface area contributed by atoms with Crippen molar-refractivity contribution in [2.75, 3.05) is 0 Å². The number of hydrogen-bond donors (Lipinski definition) is 0. The van der Waals surface area contributed by atoms with Gasteiger partial charge in [-0.05, 0) is 31.1 Å². The van der Waals surface area contributed by atoms with E-state index < -0.39 is 0 Å². The van der Waals surface area contributed by atoms with Crippen LogP contribution in [0.1, 0.15) is 47.0 Å². The highest BCUT2D eigenvalue weighted by Crippen LogP contribution is 2.65. The van der Waals surface area contributed by atoms with Gasteiger partial charge in [-0.15, -0.1) is 0 Å². The Labute approximate surface area is 86.0 Å². The molecule has 3 saturated carbocycles. The van der Waals surface area contributed by atoms with E-state index in [0.29, 0.717) is 5.92 Å². The van der Waals surface area contributed by atoms with Crippen molar-refractivity contribution in [1.82, 2.24) is 0 Å². The first-order valence-corrected chi connectivity index (χ1v) is 5.60. The lowest BCUT2D eigenvalue weighted by Crippen LogP contribution is -2.68. The summed E-state index contributed by atoms with van der Waals surface area (Å²) in [4.78, 5) is 11.2. The predicted molar refractivity (Wildman–Crippen MR) is 54.8 cm³/mol. The van der Waals surface area contributed by atoms with Crippen molar-refractivity contribution >= 4 is 5.97 Å². The Morgan fingerprint density at radius 3 is 2.43 bits per heavy atom. The summed E-state index contributed by atoms with van der Waals surface area (Å²) < 4.78 is 5.63. The van der Waals surface area contributed by atoms with Crippen LogP contribution < -0.4 is 0 Å². The molecule has 0 spiro atoms. The van der Waals surface area contributed by atoms with Crippen molar-refractivity contribution in [3.05, 3.63) is 0 Å². The third-order valence-corrected chi connectivity index (χ3v) is 4.73. The zero-order valence-corrected chi connectivity index (χ0v) is 9.59. The van der Waals surface area contributed by atoms with E-state index in [1.54, 1.807) is 0 Å². The predicted octanol–water partition coefficient (Wildman–Crippen LogP) is 2.76. The van der Waals surface area contributed by atoms with Gasteiger partial charge in [-0.1, -0.05) is 20.8 Å². The summed E-state index contributed by atoms with van der Waals surface area (Å²) in [7, 11) is 0. The van der Waals surface area contributed by atoms with Crippen molar-refractivity contribution in [3.8, 4) is 0 Å². The van der Waals surface area contributed by atoms with Gasteiger partial charge >= 0.3 is 5.97 Å². The number of fused-ring (bicyclic) bond motifs is 2. The normalized spacial score (nSPS) is 44.0. The topological polar surface area (TPSA) is 26.3 Å². The van der Waals surface area contributed by atoms with Crippen LogP contribution in [0.25, 0.3) is 0 Å². The second-order valence-electron chi connectivity index (χ2n) is 5.58. The van der Waals surface area contributed by atoms with Crippen LogP contribution in [0.2, 0.25) is 0 Å². The monoisotopic (exact) mass is 196 g/mol. The smallest absolute Gasteiger partial charge is 0.303 e. The van der Waals surface area contributed by atoms with E-state index in [4.69, 9.17) is 4.74 Å². The summed E-state index contributed by atoms with van der Waals surface area (Å²) in [6.07, 6.45) is 3.60. The molecule has 3 rings (SSSR count). The molecule has 0 N–H and O–H groups in total. The van der Waals surface area contributed by atoms with Crippen molar-refractivity contribution in [1.29, 1.82) is 0 Å². The molecule has 0 saturated heterocycles. The molecule has 3 fully saturated rings. The fourth-order valence-corrected chi connectivity index (χ4v) is 3.61. The van der Waals surface area contributed by atoms with Gasteiger partial charge in [0.15, 0.2) is 0 Å². The Bertz CT molecular complexity index is 269. The summed E-state index contributed by atoms with van der Waals surface area (Å²) in [6, 6.07) is 0. The van der Waals surface area contributed by atoms with Gasteiger partial charge in [-0.2, -0.15) is 0 Å². The minimum Gasteiger partial charge on any atom is -0.458 e. The minimum atomic E-state index is -0.151. The van der Waals surface area contributed by atoms with Crippen LogP contribution in [0, 0.1) is 17.3 Å². The first kappa shape index (κ1) is 10.0. The van der Waals surface area contributed by atoms with E-state index in [9.17, 15) is 4.79 Å². The molecule has 3 aliphatic carbocycles. The lowest BCUT2D eigenvalue weighted by Gasteiger charge is -2.66. The molecule has 0 aromatic rings. The third-order valence-electron chi connectivity index (χ3n) is 4.73. The van der Waals surface area contributed by atoms with Crippen LogP contribution in [-0.4, -0.2) is 11.6 Å². The second kappa shape index (κ2) is 2.74. The second-order valence-corrected chi connectivity index (χ2v) is 5.58. The largest absolute Gasteiger partial charge is 0.458 e. The van der Waals surface area contributed by atoms with Crippen molar-refractivity contribution in [2.45, 2.75) is 52.6 Å². The molecular formula is C12H20O2. The average molecular weight is 196 g/mol. The fourth-order valence-electron chi connectivity index (χ4n) is 3.61. The van der Waals surface area contributed by atoms with Crippen LogP contribution in [0.5, 0.6) is 0 Å². The summed E-state index contributed by atoms with van der Waals surface area (Å²) in [6.45, 7) is 8.25. The molecule has 2 bridgehead atoms. The van der Waals surface area contributed by atoms with Gasteiger partial charge < -0.3 is 4.74 Å². The van der Waals surface area contributed by atoms with Gasteiger partial charge in [0, 0.05) is 12.3 Å². The Kier molecular flexibility index (Phi) is 1.96. The highest BCUT2D eigenvalue weighted by atomic mass is 16.6. The summed E-state index contributed by atoms with van der Waals surface area (Å²) in [5.74, 6) is 1.16. The Hall–Kier alpha value is -0.530.